The summed E-state index contributed by atoms with van der Waals surface area (Å²) in [7, 11) is -1.56. The van der Waals surface area contributed by atoms with Crippen LogP contribution in [0.5, 0.6) is 5.75 Å². The number of hydrogen-bond donors (Lipinski definition) is 1. The Morgan fingerprint density at radius 3 is 2.40 bits per heavy atom. The van der Waals surface area contributed by atoms with Gasteiger partial charge in [0.2, 0.25) is 10.0 Å². The fourth-order valence-corrected chi connectivity index (χ4v) is 3.94. The van der Waals surface area contributed by atoms with E-state index in [-0.39, 0.29) is 11.8 Å². The highest BCUT2D eigenvalue weighted by atomic mass is 32.2. The Hall–Kier alpha value is -1.07. The van der Waals surface area contributed by atoms with E-state index in [1.54, 1.807) is 7.11 Å². The number of ether oxygens (including phenoxy) is 1. The Morgan fingerprint density at radius 2 is 1.80 bits per heavy atom. The van der Waals surface area contributed by atoms with E-state index in [4.69, 9.17) is 4.74 Å². The summed E-state index contributed by atoms with van der Waals surface area (Å²) in [5.74, 6) is 0.937. The molecule has 20 heavy (non-hydrogen) atoms. The molecule has 112 valence electrons. The van der Waals surface area contributed by atoms with E-state index in [1.165, 1.54) is 6.42 Å². The van der Waals surface area contributed by atoms with Crippen LogP contribution in [0.4, 0.5) is 0 Å². The fraction of sp³-hybridized carbons (Fsp3) is 0.600. The molecule has 1 aliphatic carbocycles. The fourth-order valence-electron chi connectivity index (χ4n) is 2.58. The predicted molar refractivity (Wildman–Crippen MR) is 80.5 cm³/mol. The third-order valence-corrected chi connectivity index (χ3v) is 5.20. The lowest BCUT2D eigenvalue weighted by Gasteiger charge is -2.22. The van der Waals surface area contributed by atoms with Crippen LogP contribution in [0.3, 0.4) is 0 Å². The van der Waals surface area contributed by atoms with E-state index in [0.717, 1.165) is 37.0 Å². The smallest absolute Gasteiger partial charge is 0.212 e. The molecular formula is C15H23NO3S. The number of methoxy groups -OCH3 is 1. The number of nitrogens with one attached hydrogen (secondary N) is 1. The molecule has 0 aromatic heterocycles. The van der Waals surface area contributed by atoms with Gasteiger partial charge in [-0.25, -0.2) is 13.1 Å². The van der Waals surface area contributed by atoms with Crippen molar-refractivity contribution in [1.29, 1.82) is 0 Å². The zero-order valence-electron chi connectivity index (χ0n) is 12.0. The molecule has 1 fully saturated rings. The number of aryl methyl sites for hydroxylation is 1. The predicted octanol–water partition coefficient (Wildman–Crippen LogP) is 2.49. The average molecular weight is 297 g/mol. The maximum absolute atomic E-state index is 12.1. The molecule has 1 saturated carbocycles. The van der Waals surface area contributed by atoms with Gasteiger partial charge in [0.1, 0.15) is 5.75 Å². The molecule has 0 bridgehead atoms. The highest BCUT2D eigenvalue weighted by Crippen LogP contribution is 2.18. The summed E-state index contributed by atoms with van der Waals surface area (Å²) in [5.41, 5.74) is 1.01. The maximum Gasteiger partial charge on any atom is 0.212 e. The molecule has 1 N–H and O–H groups in total. The van der Waals surface area contributed by atoms with Crippen LogP contribution in [0, 0.1) is 0 Å². The van der Waals surface area contributed by atoms with Gasteiger partial charge in [-0.05, 0) is 37.0 Å². The first-order valence-corrected chi connectivity index (χ1v) is 8.87. The summed E-state index contributed by atoms with van der Waals surface area (Å²) >= 11 is 0. The largest absolute Gasteiger partial charge is 0.497 e. The highest BCUT2D eigenvalue weighted by Gasteiger charge is 2.19. The summed E-state index contributed by atoms with van der Waals surface area (Å²) in [6.45, 7) is 0. The van der Waals surface area contributed by atoms with Crippen molar-refractivity contribution in [2.75, 3.05) is 12.9 Å². The summed E-state index contributed by atoms with van der Waals surface area (Å²) in [5, 5.41) is 0. The SMILES string of the molecule is COc1ccc(CCS(=O)(=O)NC2CCCCC2)cc1. The van der Waals surface area contributed by atoms with Crippen molar-refractivity contribution in [2.45, 2.75) is 44.6 Å². The van der Waals surface area contributed by atoms with E-state index in [0.29, 0.717) is 6.42 Å². The van der Waals surface area contributed by atoms with Crippen molar-refractivity contribution in [1.82, 2.24) is 4.72 Å². The van der Waals surface area contributed by atoms with Gasteiger partial charge in [0, 0.05) is 6.04 Å². The maximum atomic E-state index is 12.1. The zero-order valence-corrected chi connectivity index (χ0v) is 12.8. The molecule has 1 aliphatic rings. The highest BCUT2D eigenvalue weighted by molar-refractivity contribution is 7.89. The molecule has 0 unspecified atom stereocenters. The Morgan fingerprint density at radius 1 is 1.15 bits per heavy atom. The van der Waals surface area contributed by atoms with Crippen molar-refractivity contribution in [3.8, 4) is 5.75 Å². The minimum atomic E-state index is -3.18. The third-order valence-electron chi connectivity index (χ3n) is 3.77. The van der Waals surface area contributed by atoms with Crippen LogP contribution in [0.15, 0.2) is 24.3 Å². The van der Waals surface area contributed by atoms with Crippen LogP contribution < -0.4 is 9.46 Å². The van der Waals surface area contributed by atoms with Crippen molar-refractivity contribution < 1.29 is 13.2 Å². The summed E-state index contributed by atoms with van der Waals surface area (Å²) < 4.78 is 32.0. The minimum Gasteiger partial charge on any atom is -0.497 e. The van der Waals surface area contributed by atoms with Crippen LogP contribution >= 0.6 is 0 Å². The number of rotatable bonds is 6. The Kier molecular flexibility index (Phi) is 5.43. The van der Waals surface area contributed by atoms with E-state index < -0.39 is 10.0 Å². The summed E-state index contributed by atoms with van der Waals surface area (Å²) in [6, 6.07) is 7.68. The Bertz CT molecular complexity index is 504. The van der Waals surface area contributed by atoms with E-state index in [1.807, 2.05) is 24.3 Å². The van der Waals surface area contributed by atoms with Crippen LogP contribution in [-0.2, 0) is 16.4 Å². The Labute approximate surface area is 121 Å². The topological polar surface area (TPSA) is 55.4 Å². The van der Waals surface area contributed by atoms with Gasteiger partial charge in [-0.3, -0.25) is 0 Å². The lowest BCUT2D eigenvalue weighted by Crippen LogP contribution is -2.37. The second-order valence-corrected chi connectivity index (χ2v) is 7.24. The first kappa shape index (κ1) is 15.3. The number of sulfonamides is 1. The molecule has 0 heterocycles. The first-order chi connectivity index (χ1) is 9.59. The molecule has 4 nitrogen and oxygen atoms in total. The van der Waals surface area contributed by atoms with Crippen molar-refractivity contribution in [3.05, 3.63) is 29.8 Å². The van der Waals surface area contributed by atoms with Gasteiger partial charge in [0.05, 0.1) is 12.9 Å². The third kappa shape index (κ3) is 4.80. The van der Waals surface area contributed by atoms with Crippen molar-refractivity contribution in [2.24, 2.45) is 0 Å². The molecule has 0 atom stereocenters. The van der Waals surface area contributed by atoms with Crippen LogP contribution in [0.1, 0.15) is 37.7 Å². The van der Waals surface area contributed by atoms with Crippen LogP contribution in [0.2, 0.25) is 0 Å². The van der Waals surface area contributed by atoms with Crippen LogP contribution in [-0.4, -0.2) is 27.3 Å². The van der Waals surface area contributed by atoms with Crippen molar-refractivity contribution in [3.63, 3.8) is 0 Å². The van der Waals surface area contributed by atoms with Gasteiger partial charge >= 0.3 is 0 Å². The number of hydrogen-bond acceptors (Lipinski definition) is 3. The quantitative estimate of drug-likeness (QED) is 0.877. The molecule has 1 aromatic carbocycles. The van der Waals surface area contributed by atoms with Gasteiger partial charge in [0.25, 0.3) is 0 Å². The van der Waals surface area contributed by atoms with Gasteiger partial charge < -0.3 is 4.74 Å². The molecular weight excluding hydrogens is 274 g/mol. The summed E-state index contributed by atoms with van der Waals surface area (Å²) in [6.07, 6.45) is 5.97. The Balaban J connectivity index is 1.84. The van der Waals surface area contributed by atoms with Gasteiger partial charge in [-0.15, -0.1) is 0 Å². The monoisotopic (exact) mass is 297 g/mol. The molecule has 0 aliphatic heterocycles. The summed E-state index contributed by atoms with van der Waals surface area (Å²) in [4.78, 5) is 0. The molecule has 0 saturated heterocycles. The molecule has 2 rings (SSSR count). The molecule has 1 aromatic rings. The molecule has 0 radical (unpaired) electrons. The van der Waals surface area contributed by atoms with E-state index >= 15 is 0 Å². The van der Waals surface area contributed by atoms with E-state index in [2.05, 4.69) is 4.72 Å². The lowest BCUT2D eigenvalue weighted by atomic mass is 9.96. The molecule has 5 heteroatoms. The number of benzene rings is 1. The standard InChI is InChI=1S/C15H23NO3S/c1-19-15-9-7-13(8-10-15)11-12-20(17,18)16-14-5-3-2-4-6-14/h7-10,14,16H,2-6,11-12H2,1H3. The second-order valence-electron chi connectivity index (χ2n) is 5.37. The zero-order chi connectivity index (χ0) is 14.4. The minimum absolute atomic E-state index is 0.143. The van der Waals surface area contributed by atoms with Gasteiger partial charge in [0.15, 0.2) is 0 Å². The van der Waals surface area contributed by atoms with Crippen LogP contribution in [0.25, 0.3) is 0 Å². The molecule has 0 spiro atoms. The normalized spacial score (nSPS) is 17.1. The first-order valence-electron chi connectivity index (χ1n) is 7.22. The van der Waals surface area contributed by atoms with Gasteiger partial charge in [-0.1, -0.05) is 31.4 Å². The molecule has 0 amide bonds. The second kappa shape index (κ2) is 7.09. The van der Waals surface area contributed by atoms with Crippen molar-refractivity contribution >= 4 is 10.0 Å². The van der Waals surface area contributed by atoms with E-state index in [9.17, 15) is 8.42 Å². The lowest BCUT2D eigenvalue weighted by molar-refractivity contribution is 0.412. The van der Waals surface area contributed by atoms with Gasteiger partial charge in [-0.2, -0.15) is 0 Å². The average Bonchev–Trinajstić information content (AvgIpc) is 2.46.